The molecule has 2 unspecified atom stereocenters. The molecule has 0 radical (unpaired) electrons. The summed E-state index contributed by atoms with van der Waals surface area (Å²) in [5.41, 5.74) is 5.79. The van der Waals surface area contributed by atoms with Gasteiger partial charge in [0, 0.05) is 12.5 Å². The molecule has 0 aromatic heterocycles. The quantitative estimate of drug-likeness (QED) is 0.304. The van der Waals surface area contributed by atoms with Crippen LogP contribution in [-0.4, -0.2) is 39.0 Å². The Kier molecular flexibility index (Phi) is 11.3. The van der Waals surface area contributed by atoms with Gasteiger partial charge in [0.15, 0.2) is 0 Å². The number of esters is 1. The van der Waals surface area contributed by atoms with Crippen LogP contribution in [0.1, 0.15) is 69.5 Å². The number of nitrogens with two attached hydrogens (primary N) is 1. The lowest BCUT2D eigenvalue weighted by molar-refractivity contribution is -0.147. The zero-order chi connectivity index (χ0) is 30.2. The van der Waals surface area contributed by atoms with Gasteiger partial charge in [-0.25, -0.2) is 13.1 Å². The molecule has 0 spiro atoms. The second kappa shape index (κ2) is 14.3. The van der Waals surface area contributed by atoms with Gasteiger partial charge in [-0.2, -0.15) is 13.2 Å². The normalized spacial score (nSPS) is 19.4. The van der Waals surface area contributed by atoms with Gasteiger partial charge in [0.25, 0.3) is 0 Å². The third kappa shape index (κ3) is 10.1. The summed E-state index contributed by atoms with van der Waals surface area (Å²) in [6, 6.07) is 10.9. The number of hydrogen-bond acceptors (Lipinski definition) is 6. The van der Waals surface area contributed by atoms with Crippen LogP contribution in [-0.2, 0) is 30.5 Å². The van der Waals surface area contributed by atoms with E-state index in [4.69, 9.17) is 10.5 Å². The average Bonchev–Trinajstić information content (AvgIpc) is 2.91. The number of benzene rings is 2. The van der Waals surface area contributed by atoms with Crippen molar-refractivity contribution in [2.45, 2.75) is 81.6 Å². The second-order valence-electron chi connectivity index (χ2n) is 11.0. The van der Waals surface area contributed by atoms with Crippen LogP contribution < -0.4 is 15.8 Å². The SMILES string of the molecule is CC(C)CC(N)C(=O)OCC(NC(=O)CC1CCC(NS(=O)(=O)c2ccc(C(F)(F)F)cc2)CC1)c1ccccc1. The number of rotatable bonds is 12. The van der Waals surface area contributed by atoms with Gasteiger partial charge in [0.2, 0.25) is 15.9 Å². The molecule has 1 amide bonds. The van der Waals surface area contributed by atoms with Crippen molar-refractivity contribution < 1.29 is 35.9 Å². The Labute approximate surface area is 239 Å². The third-order valence-electron chi connectivity index (χ3n) is 7.09. The molecule has 1 fully saturated rings. The Balaban J connectivity index is 1.51. The van der Waals surface area contributed by atoms with Gasteiger partial charge in [-0.3, -0.25) is 9.59 Å². The van der Waals surface area contributed by atoms with Crippen LogP contribution in [0.4, 0.5) is 13.2 Å². The minimum absolute atomic E-state index is 0.0280. The first kappa shape index (κ1) is 32.6. The molecule has 41 heavy (non-hydrogen) atoms. The van der Waals surface area contributed by atoms with E-state index in [9.17, 15) is 31.2 Å². The zero-order valence-corrected chi connectivity index (χ0v) is 24.0. The summed E-state index contributed by atoms with van der Waals surface area (Å²) < 4.78 is 71.7. The van der Waals surface area contributed by atoms with E-state index in [0.717, 1.165) is 29.8 Å². The van der Waals surface area contributed by atoms with Crippen molar-refractivity contribution >= 4 is 21.9 Å². The molecule has 0 saturated heterocycles. The lowest BCUT2D eigenvalue weighted by atomic mass is 9.84. The van der Waals surface area contributed by atoms with Crippen LogP contribution in [0.25, 0.3) is 0 Å². The summed E-state index contributed by atoms with van der Waals surface area (Å²) >= 11 is 0. The van der Waals surface area contributed by atoms with Crippen LogP contribution in [0.15, 0.2) is 59.5 Å². The molecule has 12 heteroatoms. The first-order chi connectivity index (χ1) is 19.2. The molecule has 2 aromatic carbocycles. The number of carbonyl (C=O) groups excluding carboxylic acids is 2. The minimum Gasteiger partial charge on any atom is -0.462 e. The first-order valence-corrected chi connectivity index (χ1v) is 15.2. The number of hydrogen-bond donors (Lipinski definition) is 3. The molecule has 2 aromatic rings. The van der Waals surface area contributed by atoms with Crippen LogP contribution in [0, 0.1) is 11.8 Å². The molecule has 1 saturated carbocycles. The fourth-order valence-corrected chi connectivity index (χ4v) is 6.20. The summed E-state index contributed by atoms with van der Waals surface area (Å²) in [6.45, 7) is 3.86. The summed E-state index contributed by atoms with van der Waals surface area (Å²) in [4.78, 5) is 25.1. The van der Waals surface area contributed by atoms with E-state index in [-0.39, 0.29) is 41.7 Å². The van der Waals surface area contributed by atoms with Crippen molar-refractivity contribution in [1.82, 2.24) is 10.0 Å². The van der Waals surface area contributed by atoms with Gasteiger partial charge < -0.3 is 15.8 Å². The van der Waals surface area contributed by atoms with Crippen LogP contribution in [0.3, 0.4) is 0 Å². The first-order valence-electron chi connectivity index (χ1n) is 13.7. The molecule has 1 aliphatic rings. The van der Waals surface area contributed by atoms with E-state index in [1.165, 1.54) is 0 Å². The standard InChI is InChI=1S/C29H38F3N3O5S/c1-19(2)16-25(33)28(37)40-18-26(21-6-4-3-5-7-21)34-27(36)17-20-8-12-23(13-9-20)35-41(38,39)24-14-10-22(11-15-24)29(30,31)32/h3-7,10-11,14-15,19-20,23,25-26,35H,8-9,12-13,16-18,33H2,1-2H3,(H,34,36). The fraction of sp³-hybridized carbons (Fsp3) is 0.517. The zero-order valence-electron chi connectivity index (χ0n) is 23.2. The average molecular weight is 598 g/mol. The summed E-state index contributed by atoms with van der Waals surface area (Å²) in [6.07, 6.45) is -1.65. The maximum Gasteiger partial charge on any atom is 0.416 e. The maximum absolute atomic E-state index is 12.9. The fourth-order valence-electron chi connectivity index (χ4n) is 4.89. The number of nitrogens with one attached hydrogen (secondary N) is 2. The summed E-state index contributed by atoms with van der Waals surface area (Å²) in [5, 5.41) is 2.95. The lowest BCUT2D eigenvalue weighted by Gasteiger charge is -2.29. The number of amides is 1. The van der Waals surface area contributed by atoms with E-state index in [2.05, 4.69) is 10.0 Å². The number of sulfonamides is 1. The van der Waals surface area contributed by atoms with Crippen molar-refractivity contribution in [3.8, 4) is 0 Å². The minimum atomic E-state index is -4.55. The molecule has 4 N–H and O–H groups in total. The predicted molar refractivity (Wildman–Crippen MR) is 148 cm³/mol. The van der Waals surface area contributed by atoms with E-state index in [1.807, 2.05) is 44.2 Å². The molecule has 3 rings (SSSR count). The molecule has 0 heterocycles. The molecule has 1 aliphatic carbocycles. The molecule has 0 bridgehead atoms. The van der Waals surface area contributed by atoms with Crippen molar-refractivity contribution in [3.63, 3.8) is 0 Å². The van der Waals surface area contributed by atoms with Gasteiger partial charge in [0.05, 0.1) is 16.5 Å². The number of carbonyl (C=O) groups is 2. The lowest BCUT2D eigenvalue weighted by Crippen LogP contribution is -2.39. The second-order valence-corrected chi connectivity index (χ2v) is 12.7. The van der Waals surface area contributed by atoms with E-state index in [0.29, 0.717) is 32.1 Å². The predicted octanol–water partition coefficient (Wildman–Crippen LogP) is 4.71. The van der Waals surface area contributed by atoms with Gasteiger partial charge >= 0.3 is 12.1 Å². The monoisotopic (exact) mass is 597 g/mol. The largest absolute Gasteiger partial charge is 0.462 e. The number of ether oxygens (including phenoxy) is 1. The Hall–Kier alpha value is -2.96. The van der Waals surface area contributed by atoms with Crippen molar-refractivity contribution in [3.05, 3.63) is 65.7 Å². The Bertz CT molecular complexity index is 1250. The van der Waals surface area contributed by atoms with Gasteiger partial charge in [0.1, 0.15) is 12.6 Å². The van der Waals surface area contributed by atoms with Crippen molar-refractivity contribution in [2.75, 3.05) is 6.61 Å². The highest BCUT2D eigenvalue weighted by molar-refractivity contribution is 7.89. The molecule has 8 nitrogen and oxygen atoms in total. The van der Waals surface area contributed by atoms with Crippen LogP contribution in [0.2, 0.25) is 0 Å². The van der Waals surface area contributed by atoms with E-state index < -0.39 is 39.8 Å². The maximum atomic E-state index is 12.9. The third-order valence-corrected chi connectivity index (χ3v) is 8.63. The number of halogens is 3. The summed E-state index contributed by atoms with van der Waals surface area (Å²) in [5.74, 6) is -0.473. The van der Waals surface area contributed by atoms with Crippen molar-refractivity contribution in [2.24, 2.45) is 17.6 Å². The van der Waals surface area contributed by atoms with E-state index in [1.54, 1.807) is 0 Å². The molecule has 0 aliphatic heterocycles. The van der Waals surface area contributed by atoms with Gasteiger partial charge in [-0.15, -0.1) is 0 Å². The molecular formula is C29H38F3N3O5S. The van der Waals surface area contributed by atoms with E-state index >= 15 is 0 Å². The molecule has 2 atom stereocenters. The van der Waals surface area contributed by atoms with Crippen molar-refractivity contribution in [1.29, 1.82) is 0 Å². The van der Waals surface area contributed by atoms with Crippen LogP contribution >= 0.6 is 0 Å². The van der Waals surface area contributed by atoms with Gasteiger partial charge in [-0.05, 0) is 73.8 Å². The van der Waals surface area contributed by atoms with Crippen LogP contribution in [0.5, 0.6) is 0 Å². The number of alkyl halides is 3. The highest BCUT2D eigenvalue weighted by Gasteiger charge is 2.32. The topological polar surface area (TPSA) is 128 Å². The highest BCUT2D eigenvalue weighted by Crippen LogP contribution is 2.31. The Morgan fingerprint density at radius 2 is 1.61 bits per heavy atom. The molecule has 226 valence electrons. The smallest absolute Gasteiger partial charge is 0.416 e. The Morgan fingerprint density at radius 3 is 2.17 bits per heavy atom. The highest BCUT2D eigenvalue weighted by atomic mass is 32.2. The Morgan fingerprint density at radius 1 is 1.00 bits per heavy atom. The molecular weight excluding hydrogens is 559 g/mol. The summed E-state index contributed by atoms with van der Waals surface area (Å²) in [7, 11) is -3.98. The van der Waals surface area contributed by atoms with Gasteiger partial charge in [-0.1, -0.05) is 44.2 Å².